The summed E-state index contributed by atoms with van der Waals surface area (Å²) in [6.45, 7) is 7.70. The Morgan fingerprint density at radius 1 is 1.05 bits per heavy atom. The van der Waals surface area contributed by atoms with Crippen molar-refractivity contribution in [2.45, 2.75) is 37.1 Å². The molecule has 2 unspecified atom stereocenters. The van der Waals surface area contributed by atoms with Crippen LogP contribution < -0.4 is 5.32 Å². The van der Waals surface area contributed by atoms with Gasteiger partial charge in [0.15, 0.2) is 0 Å². The molecule has 0 aliphatic heterocycles. The first-order chi connectivity index (χ1) is 10.2. The highest BCUT2D eigenvalue weighted by molar-refractivity contribution is 7.99. The van der Waals surface area contributed by atoms with Crippen LogP contribution in [0, 0.1) is 5.92 Å². The lowest BCUT2D eigenvalue weighted by Gasteiger charge is -2.30. The van der Waals surface area contributed by atoms with Crippen LogP contribution in [0.4, 0.5) is 0 Å². The zero-order valence-electron chi connectivity index (χ0n) is 13.0. The summed E-state index contributed by atoms with van der Waals surface area (Å²) in [5.41, 5.74) is 1.35. The van der Waals surface area contributed by atoms with Gasteiger partial charge in [-0.25, -0.2) is 4.98 Å². The first kappa shape index (κ1) is 16.1. The lowest BCUT2D eigenvalue weighted by molar-refractivity contribution is 0.453. The molecule has 0 aliphatic carbocycles. The summed E-state index contributed by atoms with van der Waals surface area (Å²) in [4.78, 5) is 4.47. The van der Waals surface area contributed by atoms with Gasteiger partial charge in [0, 0.05) is 17.5 Å². The average molecular weight is 300 g/mol. The van der Waals surface area contributed by atoms with E-state index in [-0.39, 0.29) is 0 Å². The highest BCUT2D eigenvalue weighted by Gasteiger charge is 2.26. The zero-order chi connectivity index (χ0) is 15.1. The number of benzene rings is 1. The van der Waals surface area contributed by atoms with Crippen molar-refractivity contribution in [1.29, 1.82) is 0 Å². The summed E-state index contributed by atoms with van der Waals surface area (Å²) >= 11 is 1.87. The molecular formula is C18H24N2S. The molecule has 0 bridgehead atoms. The Labute approximate surface area is 132 Å². The minimum absolute atomic E-state index is 0.336. The van der Waals surface area contributed by atoms with Gasteiger partial charge in [-0.1, -0.05) is 57.2 Å². The molecule has 112 valence electrons. The van der Waals surface area contributed by atoms with Crippen molar-refractivity contribution in [3.63, 3.8) is 0 Å². The second kappa shape index (κ2) is 8.20. The molecule has 0 aliphatic rings. The molecule has 2 aromatic rings. The normalized spacial score (nSPS) is 14.1. The van der Waals surface area contributed by atoms with Gasteiger partial charge in [-0.05, 0) is 30.2 Å². The molecule has 0 amide bonds. The second-order valence-corrected chi connectivity index (χ2v) is 6.64. The third-order valence-corrected chi connectivity index (χ3v) is 5.03. The van der Waals surface area contributed by atoms with Gasteiger partial charge in [0.1, 0.15) is 0 Å². The minimum atomic E-state index is 0.336. The third-order valence-electron chi connectivity index (χ3n) is 3.46. The fourth-order valence-corrected chi connectivity index (χ4v) is 3.67. The fourth-order valence-electron chi connectivity index (χ4n) is 2.45. The molecule has 0 saturated carbocycles. The van der Waals surface area contributed by atoms with E-state index in [2.05, 4.69) is 73.5 Å². The lowest BCUT2D eigenvalue weighted by atomic mass is 9.96. The third kappa shape index (κ3) is 4.58. The van der Waals surface area contributed by atoms with Crippen LogP contribution in [0.15, 0.2) is 59.8 Å². The van der Waals surface area contributed by atoms with Crippen molar-refractivity contribution in [3.05, 3.63) is 60.3 Å². The highest BCUT2D eigenvalue weighted by Crippen LogP contribution is 2.35. The molecule has 3 heteroatoms. The first-order valence-corrected chi connectivity index (χ1v) is 8.46. The van der Waals surface area contributed by atoms with E-state index in [1.165, 1.54) is 5.56 Å². The molecule has 1 heterocycles. The van der Waals surface area contributed by atoms with Crippen LogP contribution in [-0.2, 0) is 0 Å². The number of hydrogen-bond donors (Lipinski definition) is 1. The van der Waals surface area contributed by atoms with E-state index in [0.29, 0.717) is 17.2 Å². The maximum Gasteiger partial charge on any atom is 0.0963 e. The predicted molar refractivity (Wildman–Crippen MR) is 91.6 cm³/mol. The summed E-state index contributed by atoms with van der Waals surface area (Å²) < 4.78 is 0. The molecule has 21 heavy (non-hydrogen) atoms. The second-order valence-electron chi connectivity index (χ2n) is 5.44. The van der Waals surface area contributed by atoms with Crippen molar-refractivity contribution in [1.82, 2.24) is 10.3 Å². The van der Waals surface area contributed by atoms with E-state index in [9.17, 15) is 0 Å². The minimum Gasteiger partial charge on any atom is -0.309 e. The summed E-state index contributed by atoms with van der Waals surface area (Å²) in [5.74, 6) is 0.557. The largest absolute Gasteiger partial charge is 0.309 e. The van der Waals surface area contributed by atoms with Gasteiger partial charge in [-0.2, -0.15) is 0 Å². The maximum atomic E-state index is 4.47. The number of thioether (sulfide) groups is 1. The monoisotopic (exact) mass is 300 g/mol. The van der Waals surface area contributed by atoms with Crippen molar-refractivity contribution < 1.29 is 0 Å². The van der Waals surface area contributed by atoms with Crippen LogP contribution in [0.2, 0.25) is 0 Å². The van der Waals surface area contributed by atoms with Crippen molar-refractivity contribution >= 4 is 11.8 Å². The SMILES string of the molecule is CCNC(c1ccccc1)C(Sc1ccccn1)C(C)C. The number of rotatable bonds is 7. The molecule has 0 saturated heterocycles. The van der Waals surface area contributed by atoms with Gasteiger partial charge in [-0.3, -0.25) is 0 Å². The van der Waals surface area contributed by atoms with Crippen LogP contribution in [-0.4, -0.2) is 16.8 Å². The molecule has 0 spiro atoms. The Kier molecular flexibility index (Phi) is 6.27. The number of nitrogens with one attached hydrogen (secondary N) is 1. The topological polar surface area (TPSA) is 24.9 Å². The van der Waals surface area contributed by atoms with E-state index in [4.69, 9.17) is 0 Å². The number of pyridine rings is 1. The van der Waals surface area contributed by atoms with Gasteiger partial charge < -0.3 is 5.32 Å². The fraction of sp³-hybridized carbons (Fsp3) is 0.389. The van der Waals surface area contributed by atoms with Gasteiger partial charge in [0.25, 0.3) is 0 Å². The van der Waals surface area contributed by atoms with E-state index in [1.54, 1.807) is 0 Å². The Bertz CT molecular complexity index is 513. The zero-order valence-corrected chi connectivity index (χ0v) is 13.8. The Morgan fingerprint density at radius 2 is 1.76 bits per heavy atom. The number of aromatic nitrogens is 1. The van der Waals surface area contributed by atoms with Crippen LogP contribution in [0.3, 0.4) is 0 Å². The molecule has 1 aromatic carbocycles. The predicted octanol–water partition coefficient (Wildman–Crippen LogP) is 4.55. The molecule has 1 N–H and O–H groups in total. The summed E-state index contributed by atoms with van der Waals surface area (Å²) in [7, 11) is 0. The molecule has 2 nitrogen and oxygen atoms in total. The quantitative estimate of drug-likeness (QED) is 0.759. The van der Waals surface area contributed by atoms with Crippen molar-refractivity contribution in [3.8, 4) is 0 Å². The molecule has 0 fully saturated rings. The van der Waals surface area contributed by atoms with E-state index < -0.39 is 0 Å². The van der Waals surface area contributed by atoms with Crippen LogP contribution in [0.5, 0.6) is 0 Å². The number of hydrogen-bond acceptors (Lipinski definition) is 3. The summed E-state index contributed by atoms with van der Waals surface area (Å²) in [6, 6.07) is 17.2. The molecular weight excluding hydrogens is 276 g/mol. The van der Waals surface area contributed by atoms with Gasteiger partial charge >= 0.3 is 0 Å². The van der Waals surface area contributed by atoms with Crippen LogP contribution in [0.1, 0.15) is 32.4 Å². The highest BCUT2D eigenvalue weighted by atomic mass is 32.2. The summed E-state index contributed by atoms with van der Waals surface area (Å²) in [6.07, 6.45) is 1.87. The molecule has 2 rings (SSSR count). The average Bonchev–Trinajstić information content (AvgIpc) is 2.52. The van der Waals surface area contributed by atoms with Crippen molar-refractivity contribution in [2.75, 3.05) is 6.54 Å². The van der Waals surface area contributed by atoms with Crippen LogP contribution >= 0.6 is 11.8 Å². The first-order valence-electron chi connectivity index (χ1n) is 7.58. The van der Waals surface area contributed by atoms with E-state index in [1.807, 2.05) is 24.0 Å². The van der Waals surface area contributed by atoms with Crippen LogP contribution in [0.25, 0.3) is 0 Å². The number of nitrogens with zero attached hydrogens (tertiary/aromatic N) is 1. The Balaban J connectivity index is 2.25. The smallest absolute Gasteiger partial charge is 0.0963 e. The van der Waals surface area contributed by atoms with Gasteiger partial charge in [0.2, 0.25) is 0 Å². The molecule has 0 radical (unpaired) electrons. The molecule has 2 atom stereocenters. The van der Waals surface area contributed by atoms with E-state index >= 15 is 0 Å². The Morgan fingerprint density at radius 3 is 2.33 bits per heavy atom. The molecule has 1 aromatic heterocycles. The Hall–Kier alpha value is -1.32. The van der Waals surface area contributed by atoms with Crippen molar-refractivity contribution in [2.24, 2.45) is 5.92 Å². The lowest BCUT2D eigenvalue weighted by Crippen LogP contribution is -2.33. The summed E-state index contributed by atoms with van der Waals surface area (Å²) in [5, 5.41) is 5.19. The maximum absolute atomic E-state index is 4.47. The van der Waals surface area contributed by atoms with Gasteiger partial charge in [0.05, 0.1) is 5.03 Å². The standard InChI is InChI=1S/C18H24N2S/c1-4-19-17(15-10-6-5-7-11-15)18(14(2)3)21-16-12-8-9-13-20-16/h5-14,17-19H,4H2,1-3H3. The van der Waals surface area contributed by atoms with E-state index in [0.717, 1.165) is 11.6 Å². The van der Waals surface area contributed by atoms with Gasteiger partial charge in [-0.15, -0.1) is 11.8 Å².